The van der Waals surface area contributed by atoms with Crippen LogP contribution < -0.4 is 10.1 Å². The van der Waals surface area contributed by atoms with Crippen molar-refractivity contribution in [1.29, 1.82) is 0 Å². The van der Waals surface area contributed by atoms with Crippen LogP contribution in [0, 0.1) is 0 Å². The molecule has 138 valence electrons. The molecule has 7 nitrogen and oxygen atoms in total. The third-order valence-corrected chi connectivity index (χ3v) is 4.25. The number of piperidine rings is 1. The van der Waals surface area contributed by atoms with Gasteiger partial charge in [0.25, 0.3) is 5.91 Å². The SMILES string of the molecule is CNC(=O)CC1(O)CCCN(C(=O)c2cccc(OCCOC)c2)C1. The van der Waals surface area contributed by atoms with E-state index in [1.54, 1.807) is 36.3 Å². The van der Waals surface area contributed by atoms with E-state index in [9.17, 15) is 14.7 Å². The van der Waals surface area contributed by atoms with E-state index in [0.717, 1.165) is 0 Å². The fourth-order valence-corrected chi connectivity index (χ4v) is 2.96. The lowest BCUT2D eigenvalue weighted by Crippen LogP contribution is -2.52. The van der Waals surface area contributed by atoms with Crippen LogP contribution >= 0.6 is 0 Å². The quantitative estimate of drug-likeness (QED) is 0.711. The number of hydrogen-bond acceptors (Lipinski definition) is 5. The van der Waals surface area contributed by atoms with E-state index in [2.05, 4.69) is 5.32 Å². The summed E-state index contributed by atoms with van der Waals surface area (Å²) in [7, 11) is 3.13. The van der Waals surface area contributed by atoms with Crippen molar-refractivity contribution in [2.24, 2.45) is 0 Å². The molecule has 0 aliphatic carbocycles. The Balaban J connectivity index is 2.04. The number of amides is 2. The Kier molecular flexibility index (Phi) is 6.78. The van der Waals surface area contributed by atoms with Gasteiger partial charge in [0.05, 0.1) is 25.2 Å². The van der Waals surface area contributed by atoms with Crippen molar-refractivity contribution >= 4 is 11.8 Å². The zero-order valence-electron chi connectivity index (χ0n) is 14.8. The maximum Gasteiger partial charge on any atom is 0.254 e. The number of ether oxygens (including phenoxy) is 2. The number of β-amino-alcohol motifs (C(OH)–C–C–N with tert-alkyl or cyclic N) is 1. The summed E-state index contributed by atoms with van der Waals surface area (Å²) < 4.78 is 10.5. The lowest BCUT2D eigenvalue weighted by Gasteiger charge is -2.38. The van der Waals surface area contributed by atoms with Crippen LogP contribution in [-0.2, 0) is 9.53 Å². The Morgan fingerprint density at radius 1 is 1.36 bits per heavy atom. The molecule has 1 heterocycles. The van der Waals surface area contributed by atoms with E-state index in [4.69, 9.17) is 9.47 Å². The summed E-state index contributed by atoms with van der Waals surface area (Å²) in [6, 6.07) is 6.95. The van der Waals surface area contributed by atoms with Crippen LogP contribution in [0.3, 0.4) is 0 Å². The topological polar surface area (TPSA) is 88.1 Å². The lowest BCUT2D eigenvalue weighted by molar-refractivity contribution is -0.127. The fourth-order valence-electron chi connectivity index (χ4n) is 2.96. The monoisotopic (exact) mass is 350 g/mol. The molecule has 2 amide bonds. The molecule has 7 heteroatoms. The highest BCUT2D eigenvalue weighted by Crippen LogP contribution is 2.26. The molecular weight excluding hydrogens is 324 g/mol. The number of nitrogens with zero attached hydrogens (tertiary/aromatic N) is 1. The van der Waals surface area contributed by atoms with Crippen LogP contribution in [-0.4, -0.2) is 67.9 Å². The van der Waals surface area contributed by atoms with Gasteiger partial charge in [0.2, 0.25) is 5.91 Å². The van der Waals surface area contributed by atoms with Crippen molar-refractivity contribution in [2.45, 2.75) is 24.9 Å². The molecule has 1 aromatic carbocycles. The summed E-state index contributed by atoms with van der Waals surface area (Å²) in [5.41, 5.74) is -0.681. The molecule has 1 aromatic rings. The second-order valence-corrected chi connectivity index (χ2v) is 6.27. The summed E-state index contributed by atoms with van der Waals surface area (Å²) in [5, 5.41) is 13.2. The Morgan fingerprint density at radius 3 is 2.88 bits per heavy atom. The number of rotatable bonds is 7. The minimum absolute atomic E-state index is 0.00650. The number of benzene rings is 1. The minimum atomic E-state index is -1.18. The van der Waals surface area contributed by atoms with Crippen LogP contribution in [0.1, 0.15) is 29.6 Å². The van der Waals surface area contributed by atoms with Crippen molar-refractivity contribution in [1.82, 2.24) is 10.2 Å². The first-order valence-corrected chi connectivity index (χ1v) is 8.41. The van der Waals surface area contributed by atoms with E-state index in [1.807, 2.05) is 0 Å². The molecule has 1 saturated heterocycles. The second kappa shape index (κ2) is 8.82. The summed E-state index contributed by atoms with van der Waals surface area (Å²) in [6.45, 7) is 1.58. The van der Waals surface area contributed by atoms with E-state index in [0.29, 0.717) is 43.9 Å². The Hall–Kier alpha value is -2.12. The van der Waals surface area contributed by atoms with Gasteiger partial charge in [-0.2, -0.15) is 0 Å². The third kappa shape index (κ3) is 5.44. The molecule has 1 aliphatic heterocycles. The average Bonchev–Trinajstić information content (AvgIpc) is 2.61. The number of carbonyl (C=O) groups excluding carboxylic acids is 2. The summed E-state index contributed by atoms with van der Waals surface area (Å²) in [6.07, 6.45) is 1.15. The second-order valence-electron chi connectivity index (χ2n) is 6.27. The van der Waals surface area contributed by atoms with Gasteiger partial charge in [-0.05, 0) is 31.0 Å². The third-order valence-electron chi connectivity index (χ3n) is 4.25. The number of hydrogen-bond donors (Lipinski definition) is 2. The smallest absolute Gasteiger partial charge is 0.254 e. The van der Waals surface area contributed by atoms with Crippen LogP contribution in [0.15, 0.2) is 24.3 Å². The number of carbonyl (C=O) groups is 2. The van der Waals surface area contributed by atoms with Crippen molar-refractivity contribution < 1.29 is 24.2 Å². The highest BCUT2D eigenvalue weighted by Gasteiger charge is 2.37. The van der Waals surface area contributed by atoms with E-state index in [1.165, 1.54) is 7.05 Å². The van der Waals surface area contributed by atoms with E-state index < -0.39 is 5.60 Å². The molecule has 0 spiro atoms. The molecule has 0 aromatic heterocycles. The zero-order chi connectivity index (χ0) is 18.3. The average molecular weight is 350 g/mol. The van der Waals surface area contributed by atoms with Crippen molar-refractivity contribution in [3.63, 3.8) is 0 Å². The molecule has 0 bridgehead atoms. The normalized spacial score (nSPS) is 20.2. The van der Waals surface area contributed by atoms with Crippen LogP contribution in [0.4, 0.5) is 0 Å². The van der Waals surface area contributed by atoms with Crippen LogP contribution in [0.25, 0.3) is 0 Å². The van der Waals surface area contributed by atoms with Gasteiger partial charge >= 0.3 is 0 Å². The first-order chi connectivity index (χ1) is 12.0. The Bertz CT molecular complexity index is 607. The number of methoxy groups -OCH3 is 1. The van der Waals surface area contributed by atoms with Gasteiger partial charge in [-0.3, -0.25) is 9.59 Å². The maximum atomic E-state index is 12.8. The summed E-state index contributed by atoms with van der Waals surface area (Å²) in [5.74, 6) is 0.193. The van der Waals surface area contributed by atoms with Gasteiger partial charge in [0.1, 0.15) is 12.4 Å². The molecule has 2 N–H and O–H groups in total. The summed E-state index contributed by atoms with van der Waals surface area (Å²) >= 11 is 0. The maximum absolute atomic E-state index is 12.8. The van der Waals surface area contributed by atoms with Crippen LogP contribution in [0.2, 0.25) is 0 Å². The van der Waals surface area contributed by atoms with E-state index >= 15 is 0 Å². The number of aliphatic hydroxyl groups is 1. The molecule has 2 rings (SSSR count). The molecule has 1 atom stereocenters. The first-order valence-electron chi connectivity index (χ1n) is 8.41. The predicted octanol–water partition coefficient (Wildman–Crippen LogP) is 0.815. The van der Waals surface area contributed by atoms with Crippen molar-refractivity contribution in [3.8, 4) is 5.75 Å². The van der Waals surface area contributed by atoms with Gasteiger partial charge in [0.15, 0.2) is 0 Å². The summed E-state index contributed by atoms with van der Waals surface area (Å²) in [4.78, 5) is 26.0. The molecule has 0 saturated carbocycles. The van der Waals surface area contributed by atoms with Crippen molar-refractivity contribution in [3.05, 3.63) is 29.8 Å². The standard InChI is InChI=1S/C18H26N2O5/c1-19-16(21)12-18(23)7-4-8-20(13-18)17(22)14-5-3-6-15(11-14)25-10-9-24-2/h3,5-6,11,23H,4,7-10,12-13H2,1-2H3,(H,19,21). The fraction of sp³-hybridized carbons (Fsp3) is 0.556. The number of likely N-dealkylation sites (tertiary alicyclic amines) is 1. The zero-order valence-corrected chi connectivity index (χ0v) is 14.8. The molecular formula is C18H26N2O5. The van der Waals surface area contributed by atoms with Crippen molar-refractivity contribution in [2.75, 3.05) is 40.5 Å². The Morgan fingerprint density at radius 2 is 2.16 bits per heavy atom. The first kappa shape index (κ1) is 19.2. The van der Waals surface area contributed by atoms with Gasteiger partial charge in [-0.25, -0.2) is 0 Å². The van der Waals surface area contributed by atoms with Gasteiger partial charge in [0, 0.05) is 26.3 Å². The lowest BCUT2D eigenvalue weighted by atomic mass is 9.89. The van der Waals surface area contributed by atoms with Gasteiger partial charge < -0.3 is 24.8 Å². The van der Waals surface area contributed by atoms with Crippen LogP contribution in [0.5, 0.6) is 5.75 Å². The Labute approximate surface area is 147 Å². The largest absolute Gasteiger partial charge is 0.491 e. The molecule has 1 aliphatic rings. The molecule has 1 fully saturated rings. The molecule has 0 radical (unpaired) electrons. The highest BCUT2D eigenvalue weighted by atomic mass is 16.5. The van der Waals surface area contributed by atoms with Gasteiger partial charge in [-0.1, -0.05) is 6.07 Å². The number of nitrogens with one attached hydrogen (secondary N) is 1. The minimum Gasteiger partial charge on any atom is -0.491 e. The van der Waals surface area contributed by atoms with Gasteiger partial charge in [-0.15, -0.1) is 0 Å². The highest BCUT2D eigenvalue weighted by molar-refractivity contribution is 5.94. The molecule has 25 heavy (non-hydrogen) atoms. The molecule has 1 unspecified atom stereocenters. The van der Waals surface area contributed by atoms with E-state index in [-0.39, 0.29) is 24.8 Å². The predicted molar refractivity (Wildman–Crippen MR) is 92.6 cm³/mol.